The maximum absolute atomic E-state index is 12.3. The molecule has 0 radical (unpaired) electrons. The average molecular weight is 281 g/mol. The van der Waals surface area contributed by atoms with Crippen molar-refractivity contribution in [1.29, 1.82) is 0 Å². The Labute approximate surface area is 127 Å². The molecule has 0 saturated heterocycles. The summed E-state index contributed by atoms with van der Waals surface area (Å²) in [6.07, 6.45) is 0. The van der Waals surface area contributed by atoms with Crippen molar-refractivity contribution in [3.8, 4) is 0 Å². The summed E-state index contributed by atoms with van der Waals surface area (Å²) < 4.78 is 0. The molecule has 0 aliphatic heterocycles. The van der Waals surface area contributed by atoms with Gasteiger partial charge < -0.3 is 5.32 Å². The van der Waals surface area contributed by atoms with Crippen LogP contribution < -0.4 is 5.32 Å². The fourth-order valence-electron chi connectivity index (χ4n) is 2.20. The molecule has 0 atom stereocenters. The molecule has 0 heterocycles. The van der Waals surface area contributed by atoms with Crippen molar-refractivity contribution in [1.82, 2.24) is 0 Å². The third kappa shape index (κ3) is 3.94. The van der Waals surface area contributed by atoms with E-state index < -0.39 is 0 Å². The minimum Gasteiger partial charge on any atom is -0.322 e. The molecule has 0 saturated carbocycles. The summed E-state index contributed by atoms with van der Waals surface area (Å²) in [6.45, 7) is 8.58. The summed E-state index contributed by atoms with van der Waals surface area (Å²) in [4.78, 5) is 12.3. The van der Waals surface area contributed by atoms with Gasteiger partial charge in [-0.1, -0.05) is 52.0 Å². The lowest BCUT2D eigenvalue weighted by molar-refractivity contribution is 0.102. The first-order valence-corrected chi connectivity index (χ1v) is 7.48. The van der Waals surface area contributed by atoms with Crippen molar-refractivity contribution < 1.29 is 4.79 Å². The van der Waals surface area contributed by atoms with E-state index in [4.69, 9.17) is 0 Å². The van der Waals surface area contributed by atoms with E-state index in [0.717, 1.165) is 5.69 Å². The number of hydrogen-bond donors (Lipinski definition) is 1. The quantitative estimate of drug-likeness (QED) is 0.821. The van der Waals surface area contributed by atoms with E-state index >= 15 is 0 Å². The van der Waals surface area contributed by atoms with E-state index in [1.165, 1.54) is 11.1 Å². The Balaban J connectivity index is 2.12. The van der Waals surface area contributed by atoms with Crippen molar-refractivity contribution in [3.63, 3.8) is 0 Å². The molecule has 0 aromatic heterocycles. The smallest absolute Gasteiger partial charge is 0.255 e. The molecule has 0 spiro atoms. The van der Waals surface area contributed by atoms with Gasteiger partial charge in [-0.15, -0.1) is 0 Å². The Morgan fingerprint density at radius 1 is 0.857 bits per heavy atom. The van der Waals surface area contributed by atoms with Gasteiger partial charge in [0.05, 0.1) is 0 Å². The number of carbonyl (C=O) groups excluding carboxylic acids is 1. The molecule has 2 aromatic rings. The highest BCUT2D eigenvalue weighted by Gasteiger charge is 2.08. The van der Waals surface area contributed by atoms with E-state index in [-0.39, 0.29) is 5.91 Å². The third-order valence-electron chi connectivity index (χ3n) is 3.65. The van der Waals surface area contributed by atoms with Gasteiger partial charge in [0.15, 0.2) is 0 Å². The van der Waals surface area contributed by atoms with Gasteiger partial charge in [0, 0.05) is 11.3 Å². The molecule has 1 amide bonds. The molecular weight excluding hydrogens is 258 g/mol. The van der Waals surface area contributed by atoms with Gasteiger partial charge in [-0.05, 0) is 47.2 Å². The van der Waals surface area contributed by atoms with Crippen LogP contribution in [0.15, 0.2) is 48.5 Å². The number of hydrogen-bond acceptors (Lipinski definition) is 1. The van der Waals surface area contributed by atoms with Gasteiger partial charge >= 0.3 is 0 Å². The SMILES string of the molecule is CC(C)c1ccc(C(=O)Nc2cccc(C(C)C)c2)cc1. The highest BCUT2D eigenvalue weighted by Crippen LogP contribution is 2.20. The second-order valence-electron chi connectivity index (χ2n) is 6.01. The predicted octanol–water partition coefficient (Wildman–Crippen LogP) is 5.19. The fraction of sp³-hybridized carbons (Fsp3) is 0.316. The first-order valence-electron chi connectivity index (χ1n) is 7.48. The first-order chi connectivity index (χ1) is 9.97. The van der Waals surface area contributed by atoms with Crippen LogP contribution in [0, 0.1) is 0 Å². The Bertz CT molecular complexity index is 612. The molecule has 0 unspecified atom stereocenters. The van der Waals surface area contributed by atoms with Crippen LogP contribution in [0.25, 0.3) is 0 Å². The van der Waals surface area contributed by atoms with Gasteiger partial charge in [0.1, 0.15) is 0 Å². The molecule has 0 aliphatic rings. The average Bonchev–Trinajstić information content (AvgIpc) is 2.47. The normalized spacial score (nSPS) is 11.0. The minimum absolute atomic E-state index is 0.0637. The lowest BCUT2D eigenvalue weighted by atomic mass is 10.0. The molecule has 0 aliphatic carbocycles. The lowest BCUT2D eigenvalue weighted by Gasteiger charge is -2.10. The predicted molar refractivity (Wildman–Crippen MR) is 89.0 cm³/mol. The summed E-state index contributed by atoms with van der Waals surface area (Å²) in [5.74, 6) is 0.864. The number of carbonyl (C=O) groups is 1. The van der Waals surface area contributed by atoms with E-state index in [2.05, 4.69) is 39.1 Å². The number of rotatable bonds is 4. The molecular formula is C19H23NO. The molecule has 110 valence electrons. The van der Waals surface area contributed by atoms with E-state index in [1.807, 2.05) is 42.5 Å². The second kappa shape index (κ2) is 6.57. The van der Waals surface area contributed by atoms with Gasteiger partial charge in [0.25, 0.3) is 5.91 Å². The Morgan fingerprint density at radius 3 is 2.05 bits per heavy atom. The van der Waals surface area contributed by atoms with E-state index in [1.54, 1.807) is 0 Å². The number of anilines is 1. The van der Waals surface area contributed by atoms with Crippen LogP contribution in [-0.2, 0) is 0 Å². The Morgan fingerprint density at radius 2 is 1.48 bits per heavy atom. The highest BCUT2D eigenvalue weighted by molar-refractivity contribution is 6.04. The molecule has 1 N–H and O–H groups in total. The van der Waals surface area contributed by atoms with Gasteiger partial charge in [0.2, 0.25) is 0 Å². The molecule has 0 fully saturated rings. The van der Waals surface area contributed by atoms with Crippen LogP contribution in [0.4, 0.5) is 5.69 Å². The molecule has 2 rings (SSSR count). The Kier molecular flexibility index (Phi) is 4.79. The van der Waals surface area contributed by atoms with Gasteiger partial charge in [-0.2, -0.15) is 0 Å². The molecule has 2 aromatic carbocycles. The van der Waals surface area contributed by atoms with Crippen molar-refractivity contribution >= 4 is 11.6 Å². The zero-order valence-electron chi connectivity index (χ0n) is 13.2. The maximum Gasteiger partial charge on any atom is 0.255 e. The van der Waals surface area contributed by atoms with Crippen molar-refractivity contribution in [2.24, 2.45) is 0 Å². The Hall–Kier alpha value is -2.09. The molecule has 0 bridgehead atoms. The zero-order chi connectivity index (χ0) is 15.4. The van der Waals surface area contributed by atoms with Crippen LogP contribution in [0.3, 0.4) is 0 Å². The summed E-state index contributed by atoms with van der Waals surface area (Å²) in [6, 6.07) is 15.8. The van der Waals surface area contributed by atoms with Crippen molar-refractivity contribution in [3.05, 3.63) is 65.2 Å². The topological polar surface area (TPSA) is 29.1 Å². The van der Waals surface area contributed by atoms with E-state index in [9.17, 15) is 4.79 Å². The minimum atomic E-state index is -0.0637. The number of benzene rings is 2. The van der Waals surface area contributed by atoms with Crippen LogP contribution in [-0.4, -0.2) is 5.91 Å². The van der Waals surface area contributed by atoms with Crippen LogP contribution in [0.1, 0.15) is 61.0 Å². The summed E-state index contributed by atoms with van der Waals surface area (Å²) in [7, 11) is 0. The summed E-state index contributed by atoms with van der Waals surface area (Å²) >= 11 is 0. The monoisotopic (exact) mass is 281 g/mol. The van der Waals surface area contributed by atoms with Gasteiger partial charge in [-0.25, -0.2) is 0 Å². The standard InChI is InChI=1S/C19H23NO/c1-13(2)15-8-10-16(11-9-15)19(21)20-18-7-5-6-17(12-18)14(3)4/h5-14H,1-4H3,(H,20,21). The fourth-order valence-corrected chi connectivity index (χ4v) is 2.20. The van der Waals surface area contributed by atoms with Crippen LogP contribution >= 0.6 is 0 Å². The molecule has 2 heteroatoms. The molecule has 2 nitrogen and oxygen atoms in total. The van der Waals surface area contributed by atoms with Crippen molar-refractivity contribution in [2.45, 2.75) is 39.5 Å². The van der Waals surface area contributed by atoms with E-state index in [0.29, 0.717) is 17.4 Å². The third-order valence-corrected chi connectivity index (χ3v) is 3.65. The lowest BCUT2D eigenvalue weighted by Crippen LogP contribution is -2.12. The maximum atomic E-state index is 12.3. The van der Waals surface area contributed by atoms with Crippen LogP contribution in [0.5, 0.6) is 0 Å². The largest absolute Gasteiger partial charge is 0.322 e. The summed E-state index contributed by atoms with van der Waals surface area (Å²) in [5, 5.41) is 2.96. The highest BCUT2D eigenvalue weighted by atomic mass is 16.1. The number of nitrogens with one attached hydrogen (secondary N) is 1. The second-order valence-corrected chi connectivity index (χ2v) is 6.01. The van der Waals surface area contributed by atoms with Gasteiger partial charge in [-0.3, -0.25) is 4.79 Å². The first kappa shape index (κ1) is 15.3. The van der Waals surface area contributed by atoms with Crippen LogP contribution in [0.2, 0.25) is 0 Å². The zero-order valence-corrected chi connectivity index (χ0v) is 13.2. The summed E-state index contributed by atoms with van der Waals surface area (Å²) in [5.41, 5.74) is 4.00. The molecule has 21 heavy (non-hydrogen) atoms. The number of amides is 1. The van der Waals surface area contributed by atoms with Crippen molar-refractivity contribution in [2.75, 3.05) is 5.32 Å².